The number of halogens is 1. The average Bonchev–Trinajstić information content (AvgIpc) is 2.47. The molecule has 0 bridgehead atoms. The van der Waals surface area contributed by atoms with E-state index in [-0.39, 0.29) is 0 Å². The van der Waals surface area contributed by atoms with E-state index in [9.17, 15) is 4.79 Å². The molecule has 0 N–H and O–H groups in total. The molecule has 0 saturated carbocycles. The fraction of sp³-hybridized carbons (Fsp3) is 0.188. The third kappa shape index (κ3) is 2.24. The predicted octanol–water partition coefficient (Wildman–Crippen LogP) is 4.14. The van der Waals surface area contributed by atoms with Gasteiger partial charge in [-0.05, 0) is 36.1 Å². The van der Waals surface area contributed by atoms with Crippen LogP contribution in [0, 0.1) is 0 Å². The molecular formula is C16H13ClO2. The zero-order chi connectivity index (χ0) is 13.2. The Labute approximate surface area is 117 Å². The number of aldehydes is 1. The van der Waals surface area contributed by atoms with Crippen molar-refractivity contribution in [2.75, 3.05) is 6.61 Å². The van der Waals surface area contributed by atoms with Crippen molar-refractivity contribution >= 4 is 17.9 Å². The van der Waals surface area contributed by atoms with Gasteiger partial charge < -0.3 is 4.74 Å². The molecule has 0 saturated heterocycles. The second-order valence-electron chi connectivity index (χ2n) is 4.60. The molecule has 0 aliphatic carbocycles. The van der Waals surface area contributed by atoms with Gasteiger partial charge in [0, 0.05) is 11.1 Å². The monoisotopic (exact) mass is 272 g/mol. The molecule has 2 aromatic carbocycles. The molecule has 0 fully saturated rings. The fourth-order valence-electron chi connectivity index (χ4n) is 2.42. The molecule has 19 heavy (non-hydrogen) atoms. The number of hydrogen-bond acceptors (Lipinski definition) is 2. The normalized spacial score (nSPS) is 13.5. The van der Waals surface area contributed by atoms with Crippen molar-refractivity contribution in [1.82, 2.24) is 0 Å². The summed E-state index contributed by atoms with van der Waals surface area (Å²) in [5, 5.41) is 0.476. The second kappa shape index (κ2) is 5.06. The number of hydrogen-bond donors (Lipinski definition) is 0. The van der Waals surface area contributed by atoms with Crippen LogP contribution < -0.4 is 4.74 Å². The number of aryl methyl sites for hydroxylation is 1. The first kappa shape index (κ1) is 12.2. The summed E-state index contributed by atoms with van der Waals surface area (Å²) >= 11 is 5.96. The Hall–Kier alpha value is -1.80. The summed E-state index contributed by atoms with van der Waals surface area (Å²) in [6.07, 6.45) is 2.87. The molecule has 0 spiro atoms. The molecule has 2 nitrogen and oxygen atoms in total. The van der Waals surface area contributed by atoms with Gasteiger partial charge in [-0.2, -0.15) is 0 Å². The van der Waals surface area contributed by atoms with Gasteiger partial charge in [-0.25, -0.2) is 0 Å². The number of ether oxygens (including phenoxy) is 1. The number of carbonyl (C=O) groups is 1. The minimum Gasteiger partial charge on any atom is -0.493 e. The SMILES string of the molecule is O=Cc1cc(-c2cccc3c2OCCC3)ccc1Cl. The summed E-state index contributed by atoms with van der Waals surface area (Å²) < 4.78 is 5.79. The highest BCUT2D eigenvalue weighted by molar-refractivity contribution is 6.33. The molecular weight excluding hydrogens is 260 g/mol. The Kier molecular flexibility index (Phi) is 3.26. The van der Waals surface area contributed by atoms with Crippen LogP contribution in [0.5, 0.6) is 5.75 Å². The molecule has 3 rings (SSSR count). The maximum atomic E-state index is 11.0. The first-order valence-corrected chi connectivity index (χ1v) is 6.67. The summed E-state index contributed by atoms with van der Waals surface area (Å²) in [5.74, 6) is 0.938. The molecule has 0 atom stereocenters. The quantitative estimate of drug-likeness (QED) is 0.768. The topological polar surface area (TPSA) is 26.3 Å². The van der Waals surface area contributed by atoms with Crippen molar-refractivity contribution in [2.45, 2.75) is 12.8 Å². The van der Waals surface area contributed by atoms with Crippen LogP contribution in [0.15, 0.2) is 36.4 Å². The molecule has 1 heterocycles. The standard InChI is InChI=1S/C16H13ClO2/c17-15-7-6-12(9-13(15)10-18)14-5-1-3-11-4-2-8-19-16(11)14/h1,3,5-7,9-10H,2,4,8H2. The van der Waals surface area contributed by atoms with Gasteiger partial charge in [0.2, 0.25) is 0 Å². The van der Waals surface area contributed by atoms with Crippen molar-refractivity contribution < 1.29 is 9.53 Å². The first-order chi connectivity index (χ1) is 9.29. The van der Waals surface area contributed by atoms with Crippen LogP contribution in [0.2, 0.25) is 5.02 Å². The van der Waals surface area contributed by atoms with Gasteiger partial charge in [0.15, 0.2) is 6.29 Å². The van der Waals surface area contributed by atoms with Gasteiger partial charge in [0.25, 0.3) is 0 Å². The van der Waals surface area contributed by atoms with E-state index in [0.29, 0.717) is 10.6 Å². The second-order valence-corrected chi connectivity index (χ2v) is 5.01. The molecule has 1 aliphatic rings. The van der Waals surface area contributed by atoms with Gasteiger partial charge in [-0.1, -0.05) is 35.9 Å². The minimum absolute atomic E-state index is 0.476. The maximum absolute atomic E-state index is 11.0. The highest BCUT2D eigenvalue weighted by atomic mass is 35.5. The smallest absolute Gasteiger partial charge is 0.151 e. The summed E-state index contributed by atoms with van der Waals surface area (Å²) in [4.78, 5) is 11.0. The van der Waals surface area contributed by atoms with Crippen molar-refractivity contribution in [3.05, 3.63) is 52.5 Å². The first-order valence-electron chi connectivity index (χ1n) is 6.29. The molecule has 3 heteroatoms. The third-order valence-electron chi connectivity index (χ3n) is 3.37. The lowest BCUT2D eigenvalue weighted by Gasteiger charge is -2.20. The number of para-hydroxylation sites is 1. The molecule has 2 aromatic rings. The highest BCUT2D eigenvalue weighted by Gasteiger charge is 2.15. The number of carbonyl (C=O) groups excluding carboxylic acids is 1. The molecule has 0 aromatic heterocycles. The van der Waals surface area contributed by atoms with Crippen molar-refractivity contribution in [1.29, 1.82) is 0 Å². The highest BCUT2D eigenvalue weighted by Crippen LogP contribution is 2.37. The number of fused-ring (bicyclic) bond motifs is 1. The Morgan fingerprint density at radius 1 is 1.21 bits per heavy atom. The Morgan fingerprint density at radius 2 is 2.11 bits per heavy atom. The van der Waals surface area contributed by atoms with Crippen LogP contribution in [-0.4, -0.2) is 12.9 Å². The van der Waals surface area contributed by atoms with E-state index in [1.807, 2.05) is 24.3 Å². The van der Waals surface area contributed by atoms with E-state index in [2.05, 4.69) is 6.07 Å². The molecule has 96 valence electrons. The average molecular weight is 273 g/mol. The van der Waals surface area contributed by atoms with Crippen molar-refractivity contribution in [3.63, 3.8) is 0 Å². The van der Waals surface area contributed by atoms with E-state index in [1.165, 1.54) is 5.56 Å². The van der Waals surface area contributed by atoms with Crippen LogP contribution in [0.3, 0.4) is 0 Å². The van der Waals surface area contributed by atoms with Crippen LogP contribution in [0.4, 0.5) is 0 Å². The maximum Gasteiger partial charge on any atom is 0.151 e. The zero-order valence-corrected chi connectivity index (χ0v) is 11.1. The lowest BCUT2D eigenvalue weighted by atomic mass is 9.97. The van der Waals surface area contributed by atoms with Crippen molar-refractivity contribution in [2.24, 2.45) is 0 Å². The van der Waals surface area contributed by atoms with E-state index < -0.39 is 0 Å². The van der Waals surface area contributed by atoms with Crippen LogP contribution in [0.1, 0.15) is 22.3 Å². The van der Waals surface area contributed by atoms with Gasteiger partial charge in [0.05, 0.1) is 11.6 Å². The Balaban J connectivity index is 2.14. The van der Waals surface area contributed by atoms with E-state index in [0.717, 1.165) is 42.6 Å². The summed E-state index contributed by atoms with van der Waals surface area (Å²) in [6, 6.07) is 11.6. The summed E-state index contributed by atoms with van der Waals surface area (Å²) in [5.41, 5.74) is 3.72. The number of benzene rings is 2. The fourth-order valence-corrected chi connectivity index (χ4v) is 2.58. The van der Waals surface area contributed by atoms with Crippen LogP contribution >= 0.6 is 11.6 Å². The minimum atomic E-state index is 0.476. The van der Waals surface area contributed by atoms with E-state index in [1.54, 1.807) is 6.07 Å². The third-order valence-corrected chi connectivity index (χ3v) is 3.71. The van der Waals surface area contributed by atoms with Gasteiger partial charge in [0.1, 0.15) is 5.75 Å². The molecule has 0 amide bonds. The van der Waals surface area contributed by atoms with Gasteiger partial charge in [-0.3, -0.25) is 4.79 Å². The lowest BCUT2D eigenvalue weighted by Crippen LogP contribution is -2.09. The zero-order valence-electron chi connectivity index (χ0n) is 10.4. The van der Waals surface area contributed by atoms with Gasteiger partial charge in [-0.15, -0.1) is 0 Å². The Morgan fingerprint density at radius 3 is 2.95 bits per heavy atom. The molecule has 0 unspecified atom stereocenters. The summed E-state index contributed by atoms with van der Waals surface area (Å²) in [6.45, 7) is 0.748. The molecule has 1 aliphatic heterocycles. The van der Waals surface area contributed by atoms with Crippen molar-refractivity contribution in [3.8, 4) is 16.9 Å². The summed E-state index contributed by atoms with van der Waals surface area (Å²) in [7, 11) is 0. The van der Waals surface area contributed by atoms with E-state index >= 15 is 0 Å². The predicted molar refractivity (Wildman–Crippen MR) is 76.1 cm³/mol. The van der Waals surface area contributed by atoms with Crippen LogP contribution in [0.25, 0.3) is 11.1 Å². The number of rotatable bonds is 2. The van der Waals surface area contributed by atoms with Gasteiger partial charge >= 0.3 is 0 Å². The van der Waals surface area contributed by atoms with Crippen LogP contribution in [-0.2, 0) is 6.42 Å². The van der Waals surface area contributed by atoms with E-state index in [4.69, 9.17) is 16.3 Å². The Bertz CT molecular complexity index is 635. The lowest BCUT2D eigenvalue weighted by molar-refractivity contribution is 0.112. The largest absolute Gasteiger partial charge is 0.493 e. The molecule has 0 radical (unpaired) electrons.